The lowest BCUT2D eigenvalue weighted by Crippen LogP contribution is -2.44. The van der Waals surface area contributed by atoms with Crippen molar-refractivity contribution in [2.45, 2.75) is 26.3 Å². The monoisotopic (exact) mass is 333 g/mol. The molecule has 0 bridgehead atoms. The third-order valence-electron chi connectivity index (χ3n) is 4.37. The van der Waals surface area contributed by atoms with Crippen LogP contribution in [0.3, 0.4) is 0 Å². The van der Waals surface area contributed by atoms with Gasteiger partial charge in [-0.15, -0.1) is 0 Å². The molecule has 0 spiro atoms. The molecule has 1 aromatic carbocycles. The zero-order valence-corrected chi connectivity index (χ0v) is 15.4. The van der Waals surface area contributed by atoms with Crippen molar-refractivity contribution in [2.24, 2.45) is 5.92 Å². The van der Waals surface area contributed by atoms with Crippen LogP contribution in [0, 0.1) is 5.92 Å². The van der Waals surface area contributed by atoms with Crippen LogP contribution in [0.15, 0.2) is 24.3 Å². The van der Waals surface area contributed by atoms with E-state index in [0.717, 1.165) is 26.3 Å². The van der Waals surface area contributed by atoms with E-state index in [2.05, 4.69) is 53.2 Å². The smallest absolute Gasteiger partial charge is 0.220 e. The van der Waals surface area contributed by atoms with Crippen LogP contribution in [0.5, 0.6) is 0 Å². The van der Waals surface area contributed by atoms with Gasteiger partial charge in [0.05, 0.1) is 19.3 Å². The molecule has 1 N–H and O–H groups in total. The Morgan fingerprint density at radius 1 is 1.21 bits per heavy atom. The second-order valence-corrected chi connectivity index (χ2v) is 7.05. The highest BCUT2D eigenvalue weighted by Gasteiger charge is 2.23. The number of carbonyl (C=O) groups is 1. The van der Waals surface area contributed by atoms with Crippen molar-refractivity contribution in [2.75, 3.05) is 51.8 Å². The minimum atomic E-state index is 0.133. The first-order valence-corrected chi connectivity index (χ1v) is 8.83. The molecule has 0 aromatic heterocycles. The topological polar surface area (TPSA) is 44.8 Å². The van der Waals surface area contributed by atoms with E-state index >= 15 is 0 Å². The molecule has 0 radical (unpaired) electrons. The fourth-order valence-electron chi connectivity index (χ4n) is 2.99. The predicted octanol–water partition coefficient (Wildman–Crippen LogP) is 2.29. The predicted molar refractivity (Wildman–Crippen MR) is 98.4 cm³/mol. The van der Waals surface area contributed by atoms with Crippen molar-refractivity contribution in [3.05, 3.63) is 29.8 Å². The van der Waals surface area contributed by atoms with Gasteiger partial charge in [0, 0.05) is 45.8 Å². The van der Waals surface area contributed by atoms with Gasteiger partial charge in [-0.3, -0.25) is 9.69 Å². The quantitative estimate of drug-likeness (QED) is 0.831. The van der Waals surface area contributed by atoms with Crippen LogP contribution in [-0.4, -0.2) is 57.8 Å². The average Bonchev–Trinajstić information content (AvgIpc) is 2.56. The third kappa shape index (κ3) is 5.49. The summed E-state index contributed by atoms with van der Waals surface area (Å²) in [5.41, 5.74) is 2.43. The Labute approximate surface area is 146 Å². The molecule has 1 atom stereocenters. The number of hydrogen-bond acceptors (Lipinski definition) is 4. The molecule has 1 amide bonds. The highest BCUT2D eigenvalue weighted by molar-refractivity contribution is 5.76. The Hall–Kier alpha value is -1.59. The third-order valence-corrected chi connectivity index (χ3v) is 4.37. The zero-order valence-electron chi connectivity index (χ0n) is 15.4. The van der Waals surface area contributed by atoms with E-state index in [-0.39, 0.29) is 11.9 Å². The molecule has 1 heterocycles. The second-order valence-electron chi connectivity index (χ2n) is 7.05. The molecule has 0 unspecified atom stereocenters. The van der Waals surface area contributed by atoms with Crippen LogP contribution in [0.1, 0.15) is 31.9 Å². The Bertz CT molecular complexity index is 508. The summed E-state index contributed by atoms with van der Waals surface area (Å²) in [6.07, 6.45) is 0.579. The summed E-state index contributed by atoms with van der Waals surface area (Å²) < 4.78 is 5.48. The Morgan fingerprint density at radius 3 is 2.38 bits per heavy atom. The summed E-state index contributed by atoms with van der Waals surface area (Å²) in [6.45, 7) is 8.10. The fraction of sp³-hybridized carbons (Fsp3) is 0.632. The van der Waals surface area contributed by atoms with E-state index < -0.39 is 0 Å². The minimum absolute atomic E-state index is 0.133. The maximum atomic E-state index is 12.1. The summed E-state index contributed by atoms with van der Waals surface area (Å²) in [7, 11) is 4.08. The minimum Gasteiger partial charge on any atom is -0.379 e. The normalized spacial score (nSPS) is 16.9. The first kappa shape index (κ1) is 18.7. The lowest BCUT2D eigenvalue weighted by molar-refractivity contribution is -0.122. The van der Waals surface area contributed by atoms with E-state index in [4.69, 9.17) is 4.74 Å². The highest BCUT2D eigenvalue weighted by Crippen LogP contribution is 2.23. The number of nitrogens with one attached hydrogen (secondary N) is 1. The maximum absolute atomic E-state index is 12.1. The SMILES string of the molecule is CC(C)CC(=O)NC[C@H](c1ccc(N(C)C)cc1)N1CCOCC1. The van der Waals surface area contributed by atoms with Gasteiger partial charge in [-0.2, -0.15) is 0 Å². The first-order chi connectivity index (χ1) is 11.5. The van der Waals surface area contributed by atoms with Crippen LogP contribution in [0.2, 0.25) is 0 Å². The van der Waals surface area contributed by atoms with E-state index in [1.54, 1.807) is 0 Å². The number of carbonyl (C=O) groups excluding carboxylic acids is 1. The number of anilines is 1. The van der Waals surface area contributed by atoms with Gasteiger partial charge in [0.2, 0.25) is 5.91 Å². The van der Waals surface area contributed by atoms with Crippen LogP contribution in [0.4, 0.5) is 5.69 Å². The lowest BCUT2D eigenvalue weighted by atomic mass is 10.0. The van der Waals surface area contributed by atoms with Gasteiger partial charge in [-0.1, -0.05) is 26.0 Å². The molecule has 1 saturated heterocycles. The van der Waals surface area contributed by atoms with Crippen molar-refractivity contribution in [3.8, 4) is 0 Å². The average molecular weight is 333 g/mol. The molecule has 1 aliphatic rings. The number of ether oxygens (including phenoxy) is 1. The van der Waals surface area contributed by atoms with Crippen LogP contribution >= 0.6 is 0 Å². The number of hydrogen-bond donors (Lipinski definition) is 1. The van der Waals surface area contributed by atoms with Crippen molar-refractivity contribution in [1.29, 1.82) is 0 Å². The molecular weight excluding hydrogens is 302 g/mol. The summed E-state index contributed by atoms with van der Waals surface area (Å²) in [4.78, 5) is 16.6. The van der Waals surface area contributed by atoms with Crippen molar-refractivity contribution < 1.29 is 9.53 Å². The van der Waals surface area contributed by atoms with Gasteiger partial charge in [-0.05, 0) is 23.6 Å². The van der Waals surface area contributed by atoms with Gasteiger partial charge in [-0.25, -0.2) is 0 Å². The van der Waals surface area contributed by atoms with Crippen molar-refractivity contribution >= 4 is 11.6 Å². The molecule has 2 rings (SSSR count). The molecule has 1 aliphatic heterocycles. The van der Waals surface area contributed by atoms with E-state index in [1.165, 1.54) is 11.3 Å². The van der Waals surface area contributed by atoms with Gasteiger partial charge in [0.1, 0.15) is 0 Å². The van der Waals surface area contributed by atoms with E-state index in [0.29, 0.717) is 18.9 Å². The molecule has 5 heteroatoms. The molecule has 134 valence electrons. The van der Waals surface area contributed by atoms with Crippen molar-refractivity contribution in [3.63, 3.8) is 0 Å². The largest absolute Gasteiger partial charge is 0.379 e. The maximum Gasteiger partial charge on any atom is 0.220 e. The highest BCUT2D eigenvalue weighted by atomic mass is 16.5. The number of rotatable bonds is 7. The molecule has 0 aliphatic carbocycles. The second kappa shape index (κ2) is 9.04. The summed E-state index contributed by atoms with van der Waals surface area (Å²) in [6, 6.07) is 8.81. The number of nitrogens with zero attached hydrogens (tertiary/aromatic N) is 2. The summed E-state index contributed by atoms with van der Waals surface area (Å²) >= 11 is 0. The van der Waals surface area contributed by atoms with Crippen LogP contribution < -0.4 is 10.2 Å². The van der Waals surface area contributed by atoms with Gasteiger partial charge in [0.25, 0.3) is 0 Å². The number of morpholine rings is 1. The molecule has 1 fully saturated rings. The fourth-order valence-corrected chi connectivity index (χ4v) is 2.99. The Balaban J connectivity index is 2.08. The summed E-state index contributed by atoms with van der Waals surface area (Å²) in [5.74, 6) is 0.513. The Kier molecular flexibility index (Phi) is 7.06. The Morgan fingerprint density at radius 2 is 1.83 bits per heavy atom. The van der Waals surface area contributed by atoms with Crippen LogP contribution in [0.25, 0.3) is 0 Å². The number of amides is 1. The molecular formula is C19H31N3O2. The van der Waals surface area contributed by atoms with Crippen LogP contribution in [-0.2, 0) is 9.53 Å². The first-order valence-electron chi connectivity index (χ1n) is 8.83. The molecule has 24 heavy (non-hydrogen) atoms. The molecule has 0 saturated carbocycles. The van der Waals surface area contributed by atoms with E-state index in [1.807, 2.05) is 14.1 Å². The standard InChI is InChI=1S/C19H31N3O2/c1-15(2)13-19(23)20-14-18(22-9-11-24-12-10-22)16-5-7-17(8-6-16)21(3)4/h5-8,15,18H,9-14H2,1-4H3,(H,20,23)/t18-/m1/s1. The number of benzene rings is 1. The van der Waals surface area contributed by atoms with Gasteiger partial charge < -0.3 is 15.0 Å². The van der Waals surface area contributed by atoms with Gasteiger partial charge in [0.15, 0.2) is 0 Å². The van der Waals surface area contributed by atoms with Gasteiger partial charge >= 0.3 is 0 Å². The zero-order chi connectivity index (χ0) is 17.5. The molecule has 5 nitrogen and oxygen atoms in total. The lowest BCUT2D eigenvalue weighted by Gasteiger charge is -2.35. The van der Waals surface area contributed by atoms with E-state index in [9.17, 15) is 4.79 Å². The summed E-state index contributed by atoms with van der Waals surface area (Å²) in [5, 5.41) is 3.12. The molecule has 1 aromatic rings. The van der Waals surface area contributed by atoms with Crippen molar-refractivity contribution in [1.82, 2.24) is 10.2 Å².